The zero-order valence-electron chi connectivity index (χ0n) is 57.9. The maximum absolute atomic E-state index is 13.5. The Hall–Kier alpha value is -2.12. The van der Waals surface area contributed by atoms with Gasteiger partial charge >= 0.3 is 5.97 Å². The molecule has 8 atom stereocenters. The maximum atomic E-state index is 13.5. The molecule has 0 radical (unpaired) electrons. The van der Waals surface area contributed by atoms with Crippen LogP contribution in [0.25, 0.3) is 0 Å². The number of aliphatic hydroxyl groups excluding tert-OH is 5. The summed E-state index contributed by atoms with van der Waals surface area (Å²) in [6.45, 7) is 5.83. The highest BCUT2D eigenvalue weighted by Crippen LogP contribution is 2.27. The molecule has 0 spiro atoms. The molecular formula is C77H145NO10. The van der Waals surface area contributed by atoms with Gasteiger partial charge < -0.3 is 45.1 Å². The van der Waals surface area contributed by atoms with Crippen molar-refractivity contribution in [1.82, 2.24) is 5.32 Å². The molecule has 1 heterocycles. The van der Waals surface area contributed by atoms with Gasteiger partial charge in [-0.2, -0.15) is 0 Å². The van der Waals surface area contributed by atoms with Gasteiger partial charge in [-0.1, -0.05) is 353 Å². The van der Waals surface area contributed by atoms with Crippen LogP contribution in [0.4, 0.5) is 0 Å². The molecule has 1 aliphatic rings. The van der Waals surface area contributed by atoms with Crippen LogP contribution in [0.5, 0.6) is 0 Å². The number of amides is 1. The van der Waals surface area contributed by atoms with Gasteiger partial charge in [-0.15, -0.1) is 0 Å². The molecule has 1 saturated heterocycles. The summed E-state index contributed by atoms with van der Waals surface area (Å²) in [5.74, 6) is -1.18. The Kier molecular flexibility index (Phi) is 61.9. The topological polar surface area (TPSA) is 175 Å². The number of ether oxygens (including phenoxy) is 3. The molecule has 0 aromatic rings. The van der Waals surface area contributed by atoms with Crippen LogP contribution in [0.2, 0.25) is 0 Å². The number of hydrogen-bond acceptors (Lipinski definition) is 10. The number of carbonyl (C=O) groups is 2. The van der Waals surface area contributed by atoms with E-state index < -0.39 is 67.4 Å². The monoisotopic (exact) mass is 1240 g/mol. The van der Waals surface area contributed by atoms with E-state index in [0.29, 0.717) is 19.3 Å². The second kappa shape index (κ2) is 65.0. The first-order valence-electron chi connectivity index (χ1n) is 38.3. The third-order valence-electron chi connectivity index (χ3n) is 18.3. The van der Waals surface area contributed by atoms with E-state index in [1.807, 2.05) is 6.08 Å². The molecule has 518 valence electrons. The molecule has 1 amide bonds. The van der Waals surface area contributed by atoms with Crippen molar-refractivity contribution < 1.29 is 49.3 Å². The zero-order chi connectivity index (χ0) is 63.9. The van der Waals surface area contributed by atoms with Gasteiger partial charge in [-0.3, -0.25) is 9.59 Å². The fourth-order valence-corrected chi connectivity index (χ4v) is 12.3. The molecule has 0 aliphatic carbocycles. The van der Waals surface area contributed by atoms with Gasteiger partial charge in [0, 0.05) is 6.42 Å². The van der Waals surface area contributed by atoms with Gasteiger partial charge in [-0.05, 0) is 57.8 Å². The lowest BCUT2D eigenvalue weighted by atomic mass is 9.99. The predicted octanol–water partition coefficient (Wildman–Crippen LogP) is 20.1. The fourth-order valence-electron chi connectivity index (χ4n) is 12.3. The van der Waals surface area contributed by atoms with Crippen LogP contribution >= 0.6 is 0 Å². The molecule has 6 N–H and O–H groups in total. The Bertz CT molecular complexity index is 1570. The lowest BCUT2D eigenvalue weighted by Crippen LogP contribution is -2.61. The molecular weight excluding hydrogens is 1100 g/mol. The zero-order valence-corrected chi connectivity index (χ0v) is 57.9. The van der Waals surface area contributed by atoms with Crippen molar-refractivity contribution in [3.63, 3.8) is 0 Å². The van der Waals surface area contributed by atoms with E-state index in [1.54, 1.807) is 6.08 Å². The largest absolute Gasteiger partial charge is 0.454 e. The van der Waals surface area contributed by atoms with E-state index in [0.717, 1.165) is 64.2 Å². The Labute approximate surface area is 543 Å². The number of hydrogen-bond donors (Lipinski definition) is 6. The summed E-state index contributed by atoms with van der Waals surface area (Å²) in [7, 11) is 0. The molecule has 0 saturated carbocycles. The summed E-state index contributed by atoms with van der Waals surface area (Å²) in [5, 5.41) is 57.3. The molecule has 11 heteroatoms. The van der Waals surface area contributed by atoms with E-state index in [9.17, 15) is 35.1 Å². The Morgan fingerprint density at radius 1 is 0.443 bits per heavy atom. The van der Waals surface area contributed by atoms with Crippen molar-refractivity contribution in [3.05, 3.63) is 36.5 Å². The minimum Gasteiger partial charge on any atom is -0.454 e. The van der Waals surface area contributed by atoms with Crippen molar-refractivity contribution in [2.75, 3.05) is 13.2 Å². The first kappa shape index (κ1) is 83.9. The van der Waals surface area contributed by atoms with Crippen molar-refractivity contribution in [1.29, 1.82) is 0 Å². The van der Waals surface area contributed by atoms with Crippen molar-refractivity contribution in [2.45, 2.75) is 429 Å². The van der Waals surface area contributed by atoms with Crippen LogP contribution in [0.15, 0.2) is 36.5 Å². The highest BCUT2D eigenvalue weighted by molar-refractivity contribution is 5.80. The smallest absolute Gasteiger partial charge is 0.306 e. The van der Waals surface area contributed by atoms with Crippen molar-refractivity contribution in [3.8, 4) is 0 Å². The van der Waals surface area contributed by atoms with E-state index in [2.05, 4.69) is 50.4 Å². The van der Waals surface area contributed by atoms with Crippen molar-refractivity contribution >= 4 is 11.9 Å². The molecule has 88 heavy (non-hydrogen) atoms. The average Bonchev–Trinajstić information content (AvgIpc) is 1.36. The molecule has 8 unspecified atom stereocenters. The number of aliphatic hydroxyl groups is 5. The number of esters is 1. The first-order valence-corrected chi connectivity index (χ1v) is 38.3. The number of unbranched alkanes of at least 4 members (excludes halogenated alkanes) is 49. The van der Waals surface area contributed by atoms with Crippen LogP contribution in [0, 0.1) is 0 Å². The van der Waals surface area contributed by atoms with Crippen LogP contribution in [-0.4, -0.2) is 99.6 Å². The Morgan fingerprint density at radius 2 is 0.784 bits per heavy atom. The van der Waals surface area contributed by atoms with Crippen LogP contribution in [0.3, 0.4) is 0 Å². The van der Waals surface area contributed by atoms with E-state index >= 15 is 0 Å². The highest BCUT2D eigenvalue weighted by atomic mass is 16.7. The normalized spacial score (nSPS) is 18.3. The van der Waals surface area contributed by atoms with Gasteiger partial charge in [0.2, 0.25) is 5.91 Å². The van der Waals surface area contributed by atoms with E-state index in [-0.39, 0.29) is 13.0 Å². The number of rotatable bonds is 67. The molecule has 1 fully saturated rings. The van der Waals surface area contributed by atoms with Gasteiger partial charge in [0.1, 0.15) is 24.4 Å². The molecule has 0 bridgehead atoms. The summed E-state index contributed by atoms with van der Waals surface area (Å²) in [6, 6.07) is -1.02. The average molecular weight is 1250 g/mol. The summed E-state index contributed by atoms with van der Waals surface area (Å²) < 4.78 is 17.7. The van der Waals surface area contributed by atoms with Gasteiger partial charge in [-0.25, -0.2) is 0 Å². The minimum absolute atomic E-state index is 0.124. The maximum Gasteiger partial charge on any atom is 0.306 e. The quantitative estimate of drug-likeness (QED) is 0.0195. The standard InChI is InChI=1S/C77H145NO10/c1-4-7-10-13-16-19-22-25-27-29-31-33-34-35-36-37-39-40-42-44-46-49-52-55-58-61-64-70(81)76(85)78-68(69(80)63-60-57-54-51-48-24-21-18-15-12-9-6-3)67-86-77-75(74(84)73(83)71(66-79)87-77)88-72(82)65-62-59-56-53-50-47-45-43-41-38-32-30-28-26-23-20-17-14-11-8-5-2/h17,20,26,28,60,63,68-71,73-75,77,79-81,83-84H,4-16,18-19,21-25,27,29-59,61-62,64-67H2,1-3H3,(H,78,85)/b20-17-,28-26-,63-60+. The molecule has 0 aromatic heterocycles. The van der Waals surface area contributed by atoms with Crippen LogP contribution < -0.4 is 5.32 Å². The summed E-state index contributed by atoms with van der Waals surface area (Å²) in [5.41, 5.74) is 0. The third kappa shape index (κ3) is 51.4. The van der Waals surface area contributed by atoms with Crippen LogP contribution in [-0.2, 0) is 23.8 Å². The molecule has 1 aliphatic heterocycles. The fraction of sp³-hybridized carbons (Fsp3) is 0.896. The number of carbonyl (C=O) groups excluding carboxylic acids is 2. The lowest BCUT2D eigenvalue weighted by molar-refractivity contribution is -0.305. The SMILES string of the molecule is CCCCC/C=C\C/C=C\CCCCCCCCCCCCCC(=O)OC1C(OCC(NC(=O)C(O)CCCCCCCCCCCCCCCCCCCCCCCCCCCC)C(O)/C=C/CCCCCCCCCCCC)OC(CO)C(O)C1O. The first-order chi connectivity index (χ1) is 43.2. The molecule has 1 rings (SSSR count). The van der Waals surface area contributed by atoms with Gasteiger partial charge in [0.05, 0.1) is 25.4 Å². The summed E-state index contributed by atoms with van der Waals surface area (Å²) >= 11 is 0. The summed E-state index contributed by atoms with van der Waals surface area (Å²) in [4.78, 5) is 26.7. The number of allylic oxidation sites excluding steroid dienone is 5. The van der Waals surface area contributed by atoms with Crippen LogP contribution in [0.1, 0.15) is 380 Å². The Balaban J connectivity index is 2.51. The lowest BCUT2D eigenvalue weighted by Gasteiger charge is -2.41. The number of nitrogens with one attached hydrogen (secondary N) is 1. The third-order valence-corrected chi connectivity index (χ3v) is 18.3. The molecule has 11 nitrogen and oxygen atoms in total. The van der Waals surface area contributed by atoms with Gasteiger partial charge in [0.25, 0.3) is 0 Å². The second-order valence-corrected chi connectivity index (χ2v) is 26.7. The van der Waals surface area contributed by atoms with Gasteiger partial charge in [0.15, 0.2) is 12.4 Å². The van der Waals surface area contributed by atoms with E-state index in [4.69, 9.17) is 14.2 Å². The van der Waals surface area contributed by atoms with E-state index in [1.165, 1.54) is 270 Å². The highest BCUT2D eigenvalue weighted by Gasteiger charge is 2.47. The van der Waals surface area contributed by atoms with Crippen molar-refractivity contribution in [2.24, 2.45) is 0 Å². The second-order valence-electron chi connectivity index (χ2n) is 26.7. The predicted molar refractivity (Wildman–Crippen MR) is 371 cm³/mol. The summed E-state index contributed by atoms with van der Waals surface area (Å²) in [6.07, 6.45) is 70.6. The minimum atomic E-state index is -1.61. The molecule has 0 aromatic carbocycles. The Morgan fingerprint density at radius 3 is 1.18 bits per heavy atom.